The number of carbonyl (C=O) groups is 4. The first-order chi connectivity index (χ1) is 9.27. The Hall–Kier alpha value is -2.10. The minimum absolute atomic E-state index is 0.481. The van der Waals surface area contributed by atoms with Crippen LogP contribution in [0.3, 0.4) is 0 Å². The quantitative estimate of drug-likeness (QED) is 0.575. The maximum Gasteiger partial charge on any atom is 0.265 e. The Morgan fingerprint density at radius 1 is 0.850 bits per heavy atom. The molecule has 4 heteroatoms. The van der Waals surface area contributed by atoms with Crippen LogP contribution in [-0.2, 0) is 19.2 Å². The number of rotatable bonds is 1. The van der Waals surface area contributed by atoms with E-state index in [-0.39, 0.29) is 0 Å². The second kappa shape index (κ2) is 4.78. The van der Waals surface area contributed by atoms with Crippen molar-refractivity contribution in [3.63, 3.8) is 0 Å². The Bertz CT molecular complexity index is 655. The molecule has 1 aliphatic carbocycles. The fourth-order valence-corrected chi connectivity index (χ4v) is 2.54. The van der Waals surface area contributed by atoms with Crippen molar-refractivity contribution < 1.29 is 19.2 Å². The zero-order valence-corrected chi connectivity index (χ0v) is 11.9. The predicted octanol–water partition coefficient (Wildman–Crippen LogP) is 1.62. The van der Waals surface area contributed by atoms with Crippen LogP contribution in [0.1, 0.15) is 35.1 Å². The highest BCUT2D eigenvalue weighted by Gasteiger charge is 2.47. The van der Waals surface area contributed by atoms with Gasteiger partial charge in [0.2, 0.25) is 11.6 Å². The van der Waals surface area contributed by atoms with Crippen LogP contribution in [0.25, 0.3) is 0 Å². The second-order valence-corrected chi connectivity index (χ2v) is 5.34. The van der Waals surface area contributed by atoms with E-state index in [1.54, 1.807) is 6.07 Å². The lowest BCUT2D eigenvalue weighted by molar-refractivity contribution is -0.152. The lowest BCUT2D eigenvalue weighted by Gasteiger charge is -2.24. The maximum absolute atomic E-state index is 12.2. The van der Waals surface area contributed by atoms with E-state index in [1.807, 2.05) is 26.8 Å². The van der Waals surface area contributed by atoms with E-state index in [0.717, 1.165) is 16.7 Å². The highest BCUT2D eigenvalue weighted by molar-refractivity contribution is 6.70. The Morgan fingerprint density at radius 2 is 1.45 bits per heavy atom. The van der Waals surface area contributed by atoms with Crippen molar-refractivity contribution in [2.24, 2.45) is 5.92 Å². The third kappa shape index (κ3) is 1.92. The lowest BCUT2D eigenvalue weighted by Crippen LogP contribution is -2.46. The molecule has 0 radical (unpaired) electrons. The molecule has 104 valence electrons. The van der Waals surface area contributed by atoms with Gasteiger partial charge in [0.25, 0.3) is 5.78 Å². The number of aryl methyl sites for hydroxylation is 1. The summed E-state index contributed by atoms with van der Waals surface area (Å²) in [6.07, 6.45) is 0. The molecule has 2 rings (SSSR count). The number of benzene rings is 1. The van der Waals surface area contributed by atoms with Crippen LogP contribution >= 0.6 is 0 Å². The van der Waals surface area contributed by atoms with E-state index >= 15 is 0 Å². The molecular formula is C16H16O4. The normalized spacial score (nSPS) is 23.4. The van der Waals surface area contributed by atoms with E-state index in [4.69, 9.17) is 0 Å². The van der Waals surface area contributed by atoms with Crippen molar-refractivity contribution in [3.8, 4) is 0 Å². The van der Waals surface area contributed by atoms with E-state index in [2.05, 4.69) is 0 Å². The molecule has 0 N–H and O–H groups in total. The summed E-state index contributed by atoms with van der Waals surface area (Å²) in [5.41, 5.74) is 3.40. The van der Waals surface area contributed by atoms with Gasteiger partial charge in [-0.3, -0.25) is 19.2 Å². The minimum Gasteiger partial charge on any atom is -0.298 e. The summed E-state index contributed by atoms with van der Waals surface area (Å²) in [6.45, 7) is 7.05. The first kappa shape index (κ1) is 14.3. The largest absolute Gasteiger partial charge is 0.298 e. The molecule has 2 atom stereocenters. The molecule has 1 fully saturated rings. The van der Waals surface area contributed by atoms with Crippen LogP contribution in [0.15, 0.2) is 12.1 Å². The summed E-state index contributed by atoms with van der Waals surface area (Å²) in [5, 5.41) is 0. The SMILES string of the molecule is Cc1ccc(C2C(=O)C(=O)C(=O)C(C)C2=O)c(C)c1C. The van der Waals surface area contributed by atoms with Crippen LogP contribution in [-0.4, -0.2) is 23.1 Å². The number of Topliss-reactive ketones (excluding diaryl/α,β-unsaturated/α-hetero) is 4. The fourth-order valence-electron chi connectivity index (χ4n) is 2.54. The topological polar surface area (TPSA) is 68.3 Å². The van der Waals surface area contributed by atoms with Crippen molar-refractivity contribution >= 4 is 23.1 Å². The summed E-state index contributed by atoms with van der Waals surface area (Å²) >= 11 is 0. The fraction of sp³-hybridized carbons (Fsp3) is 0.375. The molecular weight excluding hydrogens is 256 g/mol. The van der Waals surface area contributed by atoms with E-state index in [1.165, 1.54) is 6.92 Å². The average molecular weight is 272 g/mol. The minimum atomic E-state index is -1.13. The van der Waals surface area contributed by atoms with Crippen LogP contribution in [0, 0.1) is 26.7 Å². The number of hydrogen-bond donors (Lipinski definition) is 0. The van der Waals surface area contributed by atoms with Crippen molar-refractivity contribution in [3.05, 3.63) is 34.4 Å². The number of hydrogen-bond acceptors (Lipinski definition) is 4. The summed E-state index contributed by atoms with van der Waals surface area (Å²) in [7, 11) is 0. The summed E-state index contributed by atoms with van der Waals surface area (Å²) < 4.78 is 0. The van der Waals surface area contributed by atoms with Crippen molar-refractivity contribution in [2.75, 3.05) is 0 Å². The molecule has 4 nitrogen and oxygen atoms in total. The van der Waals surface area contributed by atoms with Gasteiger partial charge in [0, 0.05) is 0 Å². The molecule has 0 heterocycles. The first-order valence-electron chi connectivity index (χ1n) is 6.50. The zero-order chi connectivity index (χ0) is 15.2. The smallest absolute Gasteiger partial charge is 0.265 e. The van der Waals surface area contributed by atoms with Gasteiger partial charge in [0.1, 0.15) is 5.92 Å². The Balaban J connectivity index is 2.60. The van der Waals surface area contributed by atoms with Crippen LogP contribution in [0.5, 0.6) is 0 Å². The molecule has 0 saturated heterocycles. The van der Waals surface area contributed by atoms with Crippen LogP contribution in [0.4, 0.5) is 0 Å². The third-order valence-corrected chi connectivity index (χ3v) is 4.23. The standard InChI is InChI=1S/C16H16O4/c1-7-5-6-11(9(3)8(7)2)12-13(17)10(4)14(18)16(20)15(12)19/h5-6,10,12H,1-4H3. The van der Waals surface area contributed by atoms with Gasteiger partial charge in [-0.15, -0.1) is 0 Å². The Morgan fingerprint density at radius 3 is 2.05 bits per heavy atom. The highest BCUT2D eigenvalue weighted by Crippen LogP contribution is 2.31. The number of ketones is 4. The second-order valence-electron chi connectivity index (χ2n) is 5.34. The lowest BCUT2D eigenvalue weighted by atomic mass is 9.73. The molecule has 1 aromatic rings. The van der Waals surface area contributed by atoms with Crippen molar-refractivity contribution in [1.29, 1.82) is 0 Å². The zero-order valence-electron chi connectivity index (χ0n) is 11.9. The van der Waals surface area contributed by atoms with Gasteiger partial charge in [0.15, 0.2) is 5.78 Å². The maximum atomic E-state index is 12.2. The molecule has 20 heavy (non-hydrogen) atoms. The van der Waals surface area contributed by atoms with Gasteiger partial charge < -0.3 is 0 Å². The van der Waals surface area contributed by atoms with Crippen molar-refractivity contribution in [1.82, 2.24) is 0 Å². The summed E-state index contributed by atoms with van der Waals surface area (Å²) in [6, 6.07) is 3.53. The highest BCUT2D eigenvalue weighted by atomic mass is 16.2. The van der Waals surface area contributed by atoms with Gasteiger partial charge in [-0.25, -0.2) is 0 Å². The summed E-state index contributed by atoms with van der Waals surface area (Å²) in [4.78, 5) is 47.5. The molecule has 1 aromatic carbocycles. The molecule has 0 bridgehead atoms. The third-order valence-electron chi connectivity index (χ3n) is 4.23. The Labute approximate surface area is 117 Å². The number of carbonyl (C=O) groups excluding carboxylic acids is 4. The van der Waals surface area contributed by atoms with Crippen LogP contribution < -0.4 is 0 Å². The molecule has 1 saturated carbocycles. The van der Waals surface area contributed by atoms with Crippen molar-refractivity contribution in [2.45, 2.75) is 33.6 Å². The molecule has 0 aliphatic heterocycles. The van der Waals surface area contributed by atoms with Crippen LogP contribution in [0.2, 0.25) is 0 Å². The molecule has 0 aromatic heterocycles. The van der Waals surface area contributed by atoms with E-state index in [0.29, 0.717) is 5.56 Å². The van der Waals surface area contributed by atoms with E-state index < -0.39 is 35.0 Å². The van der Waals surface area contributed by atoms with E-state index in [9.17, 15) is 19.2 Å². The molecule has 1 aliphatic rings. The van der Waals surface area contributed by atoms with Gasteiger partial charge in [-0.2, -0.15) is 0 Å². The van der Waals surface area contributed by atoms with Gasteiger partial charge in [-0.1, -0.05) is 12.1 Å². The van der Waals surface area contributed by atoms with Gasteiger partial charge in [-0.05, 0) is 49.9 Å². The summed E-state index contributed by atoms with van der Waals surface area (Å²) in [5.74, 6) is -5.49. The monoisotopic (exact) mass is 272 g/mol. The van der Waals surface area contributed by atoms with Gasteiger partial charge in [0.05, 0.1) is 5.92 Å². The predicted molar refractivity (Wildman–Crippen MR) is 72.6 cm³/mol. The first-order valence-corrected chi connectivity index (χ1v) is 6.50. The molecule has 2 unspecified atom stereocenters. The Kier molecular flexibility index (Phi) is 3.42. The molecule has 0 amide bonds. The van der Waals surface area contributed by atoms with Gasteiger partial charge >= 0.3 is 0 Å². The average Bonchev–Trinajstić information content (AvgIpc) is 2.43. The molecule has 0 spiro atoms.